The Morgan fingerprint density at radius 1 is 1.06 bits per heavy atom. The first-order valence-electron chi connectivity index (χ1n) is 5.58. The van der Waals surface area contributed by atoms with Gasteiger partial charge in [0.2, 0.25) is 0 Å². The second-order valence-corrected chi connectivity index (χ2v) is 6.13. The van der Waals surface area contributed by atoms with Crippen molar-refractivity contribution < 1.29 is 0 Å². The number of hydrogen-bond acceptors (Lipinski definition) is 2. The van der Waals surface area contributed by atoms with E-state index in [1.165, 1.54) is 20.6 Å². The van der Waals surface area contributed by atoms with Gasteiger partial charge >= 0.3 is 0 Å². The van der Waals surface area contributed by atoms with Gasteiger partial charge < -0.3 is 5.32 Å². The van der Waals surface area contributed by atoms with Crippen molar-refractivity contribution in [1.29, 1.82) is 0 Å². The largest absolute Gasteiger partial charge is 0.383 e. The molecular formula is C14H12BrNS. The van der Waals surface area contributed by atoms with Gasteiger partial charge in [-0.3, -0.25) is 0 Å². The summed E-state index contributed by atoms with van der Waals surface area (Å²) in [6.45, 7) is 0.998. The highest BCUT2D eigenvalue weighted by Crippen LogP contribution is 2.45. The highest BCUT2D eigenvalue weighted by atomic mass is 79.9. The molecule has 0 bridgehead atoms. The molecule has 1 heterocycles. The van der Waals surface area contributed by atoms with Crippen LogP contribution in [0.2, 0.25) is 0 Å². The van der Waals surface area contributed by atoms with Crippen molar-refractivity contribution in [2.75, 3.05) is 11.9 Å². The van der Waals surface area contributed by atoms with Crippen LogP contribution in [-0.4, -0.2) is 6.54 Å². The average Bonchev–Trinajstić information content (AvgIpc) is 2.75. The van der Waals surface area contributed by atoms with E-state index in [1.54, 1.807) is 0 Å². The monoisotopic (exact) mass is 305 g/mol. The SMILES string of the molecule is Brc1cccc2c1C(Sc1ccccc1)CN2. The summed E-state index contributed by atoms with van der Waals surface area (Å²) in [5, 5.41) is 3.95. The molecule has 0 saturated carbocycles. The lowest BCUT2D eigenvalue weighted by Gasteiger charge is -2.11. The number of rotatable bonds is 2. The van der Waals surface area contributed by atoms with Crippen LogP contribution in [0.25, 0.3) is 0 Å². The molecule has 3 rings (SSSR count). The minimum atomic E-state index is 0.489. The first kappa shape index (κ1) is 11.2. The van der Waals surface area contributed by atoms with Crippen molar-refractivity contribution in [3.8, 4) is 0 Å². The van der Waals surface area contributed by atoms with Gasteiger partial charge in [0.1, 0.15) is 0 Å². The molecule has 0 saturated heterocycles. The first-order valence-corrected chi connectivity index (χ1v) is 7.26. The van der Waals surface area contributed by atoms with E-state index in [-0.39, 0.29) is 0 Å². The number of fused-ring (bicyclic) bond motifs is 1. The number of thioether (sulfide) groups is 1. The predicted molar refractivity (Wildman–Crippen MR) is 77.7 cm³/mol. The van der Waals surface area contributed by atoms with Crippen molar-refractivity contribution in [2.24, 2.45) is 0 Å². The van der Waals surface area contributed by atoms with Crippen molar-refractivity contribution >= 4 is 33.4 Å². The summed E-state index contributed by atoms with van der Waals surface area (Å²) in [6, 6.07) is 16.9. The molecule has 2 aromatic rings. The molecule has 2 aromatic carbocycles. The number of halogens is 1. The Kier molecular flexibility index (Phi) is 3.12. The van der Waals surface area contributed by atoms with Crippen molar-refractivity contribution in [2.45, 2.75) is 10.1 Å². The first-order chi connectivity index (χ1) is 8.34. The van der Waals surface area contributed by atoms with Gasteiger partial charge in [0, 0.05) is 27.2 Å². The zero-order valence-electron chi connectivity index (χ0n) is 9.19. The van der Waals surface area contributed by atoms with Gasteiger partial charge in [0.25, 0.3) is 0 Å². The van der Waals surface area contributed by atoms with Crippen LogP contribution in [0.1, 0.15) is 10.8 Å². The summed E-state index contributed by atoms with van der Waals surface area (Å²) in [6.07, 6.45) is 0. The molecule has 17 heavy (non-hydrogen) atoms. The lowest BCUT2D eigenvalue weighted by atomic mass is 10.2. The fourth-order valence-corrected chi connectivity index (χ4v) is 4.06. The molecule has 0 spiro atoms. The fourth-order valence-electron chi connectivity index (χ4n) is 2.09. The molecule has 3 heteroatoms. The molecule has 1 aliphatic rings. The maximum absolute atomic E-state index is 3.65. The summed E-state index contributed by atoms with van der Waals surface area (Å²) >= 11 is 5.56. The lowest BCUT2D eigenvalue weighted by molar-refractivity contribution is 1.06. The normalized spacial score (nSPS) is 17.6. The third kappa shape index (κ3) is 2.22. The smallest absolute Gasteiger partial charge is 0.0548 e. The Balaban J connectivity index is 1.89. The Hall–Kier alpha value is -0.930. The van der Waals surface area contributed by atoms with E-state index in [9.17, 15) is 0 Å². The maximum Gasteiger partial charge on any atom is 0.0548 e. The van der Waals surface area contributed by atoms with Crippen LogP contribution in [0.15, 0.2) is 57.9 Å². The molecule has 0 radical (unpaired) electrons. The van der Waals surface area contributed by atoms with Crippen LogP contribution >= 0.6 is 27.7 Å². The second kappa shape index (κ2) is 4.75. The van der Waals surface area contributed by atoms with Crippen LogP contribution in [0.5, 0.6) is 0 Å². The Labute approximate surface area is 114 Å². The standard InChI is InChI=1S/C14H12BrNS/c15-11-7-4-8-12-14(11)13(9-16-12)17-10-5-2-1-3-6-10/h1-8,13,16H,9H2. The van der Waals surface area contributed by atoms with Crippen molar-refractivity contribution in [3.63, 3.8) is 0 Å². The highest BCUT2D eigenvalue weighted by molar-refractivity contribution is 9.10. The Bertz CT molecular complexity index is 527. The Morgan fingerprint density at radius 2 is 1.88 bits per heavy atom. The number of hydrogen-bond donors (Lipinski definition) is 1. The molecule has 0 aliphatic carbocycles. The van der Waals surface area contributed by atoms with Gasteiger partial charge in [0.15, 0.2) is 0 Å². The molecule has 0 aromatic heterocycles. The van der Waals surface area contributed by atoms with E-state index < -0.39 is 0 Å². The topological polar surface area (TPSA) is 12.0 Å². The summed E-state index contributed by atoms with van der Waals surface area (Å²) in [7, 11) is 0. The Morgan fingerprint density at radius 3 is 2.71 bits per heavy atom. The summed E-state index contributed by atoms with van der Waals surface area (Å²) in [4.78, 5) is 1.32. The second-order valence-electron chi connectivity index (χ2n) is 4.00. The molecule has 0 fully saturated rings. The third-order valence-corrected chi connectivity index (χ3v) is 4.80. The summed E-state index contributed by atoms with van der Waals surface area (Å²) in [5.74, 6) is 0. The number of benzene rings is 2. The molecular weight excluding hydrogens is 294 g/mol. The van der Waals surface area contributed by atoms with Crippen LogP contribution in [0.3, 0.4) is 0 Å². The quantitative estimate of drug-likeness (QED) is 0.862. The van der Waals surface area contributed by atoms with E-state index in [4.69, 9.17) is 0 Å². The minimum Gasteiger partial charge on any atom is -0.383 e. The molecule has 86 valence electrons. The highest BCUT2D eigenvalue weighted by Gasteiger charge is 2.24. The van der Waals surface area contributed by atoms with Gasteiger partial charge in [-0.15, -0.1) is 11.8 Å². The summed E-state index contributed by atoms with van der Waals surface area (Å²) < 4.78 is 1.20. The van der Waals surface area contributed by atoms with Crippen molar-refractivity contribution in [3.05, 3.63) is 58.6 Å². The van der Waals surface area contributed by atoms with Gasteiger partial charge in [-0.2, -0.15) is 0 Å². The molecule has 1 N–H and O–H groups in total. The van der Waals surface area contributed by atoms with E-state index in [0.29, 0.717) is 5.25 Å². The van der Waals surface area contributed by atoms with E-state index in [2.05, 4.69) is 69.8 Å². The van der Waals surface area contributed by atoms with Crippen LogP contribution in [-0.2, 0) is 0 Å². The third-order valence-electron chi connectivity index (χ3n) is 2.87. The predicted octanol–water partition coefficient (Wildman–Crippen LogP) is 4.71. The van der Waals surface area contributed by atoms with E-state index in [1.807, 2.05) is 11.8 Å². The van der Waals surface area contributed by atoms with Gasteiger partial charge in [-0.1, -0.05) is 40.2 Å². The molecule has 1 aliphatic heterocycles. The van der Waals surface area contributed by atoms with Crippen LogP contribution < -0.4 is 5.32 Å². The van der Waals surface area contributed by atoms with E-state index >= 15 is 0 Å². The molecule has 1 nitrogen and oxygen atoms in total. The summed E-state index contributed by atoms with van der Waals surface area (Å²) in [5.41, 5.74) is 2.65. The minimum absolute atomic E-state index is 0.489. The van der Waals surface area contributed by atoms with Crippen LogP contribution in [0.4, 0.5) is 5.69 Å². The van der Waals surface area contributed by atoms with E-state index in [0.717, 1.165) is 6.54 Å². The molecule has 1 atom stereocenters. The number of anilines is 1. The average molecular weight is 306 g/mol. The number of nitrogens with one attached hydrogen (secondary N) is 1. The fraction of sp³-hybridized carbons (Fsp3) is 0.143. The zero-order valence-corrected chi connectivity index (χ0v) is 11.6. The van der Waals surface area contributed by atoms with Crippen molar-refractivity contribution in [1.82, 2.24) is 0 Å². The van der Waals surface area contributed by atoms with Crippen LogP contribution in [0, 0.1) is 0 Å². The maximum atomic E-state index is 3.65. The molecule has 1 unspecified atom stereocenters. The lowest BCUT2D eigenvalue weighted by Crippen LogP contribution is -1.97. The molecule has 0 amide bonds. The zero-order chi connectivity index (χ0) is 11.7. The van der Waals surface area contributed by atoms with Gasteiger partial charge in [-0.05, 0) is 24.3 Å². The van der Waals surface area contributed by atoms with Gasteiger partial charge in [-0.25, -0.2) is 0 Å². The van der Waals surface area contributed by atoms with Gasteiger partial charge in [0.05, 0.1) is 5.25 Å².